The standard InChI is InChI=1S/C20H23NO5/c1-13(8-14-4-6-16(23-2)18(9-14)24-3)20(22)21-11-15-5-7-17-19(10-15)26-12-25-17/h4-7,9-10,13H,8,11-12H2,1-3H3,(H,21,22). The minimum Gasteiger partial charge on any atom is -0.493 e. The van der Waals surface area contributed by atoms with Crippen molar-refractivity contribution in [2.75, 3.05) is 21.0 Å². The zero-order valence-corrected chi connectivity index (χ0v) is 15.2. The van der Waals surface area contributed by atoms with Crippen molar-refractivity contribution in [2.24, 2.45) is 5.92 Å². The van der Waals surface area contributed by atoms with Crippen LogP contribution < -0.4 is 24.3 Å². The van der Waals surface area contributed by atoms with Crippen molar-refractivity contribution in [3.8, 4) is 23.0 Å². The monoisotopic (exact) mass is 357 g/mol. The van der Waals surface area contributed by atoms with Crippen LogP contribution in [0.3, 0.4) is 0 Å². The van der Waals surface area contributed by atoms with Crippen molar-refractivity contribution in [1.29, 1.82) is 0 Å². The second-order valence-electron chi connectivity index (χ2n) is 6.20. The summed E-state index contributed by atoms with van der Waals surface area (Å²) < 4.78 is 21.2. The third-order valence-electron chi connectivity index (χ3n) is 4.34. The first kappa shape index (κ1) is 17.9. The molecule has 1 N–H and O–H groups in total. The van der Waals surface area contributed by atoms with Crippen LogP contribution >= 0.6 is 0 Å². The number of hydrogen-bond acceptors (Lipinski definition) is 5. The highest BCUT2D eigenvalue weighted by molar-refractivity contribution is 5.78. The SMILES string of the molecule is COc1ccc(CC(C)C(=O)NCc2ccc3c(c2)OCO3)cc1OC. The van der Waals surface area contributed by atoms with Crippen molar-refractivity contribution in [3.63, 3.8) is 0 Å². The molecule has 0 aromatic heterocycles. The molecule has 0 saturated heterocycles. The Labute approximate surface area is 153 Å². The highest BCUT2D eigenvalue weighted by Gasteiger charge is 2.16. The largest absolute Gasteiger partial charge is 0.493 e. The lowest BCUT2D eigenvalue weighted by molar-refractivity contribution is -0.124. The van der Waals surface area contributed by atoms with Crippen molar-refractivity contribution in [2.45, 2.75) is 19.9 Å². The molecule has 0 spiro atoms. The summed E-state index contributed by atoms with van der Waals surface area (Å²) in [5.41, 5.74) is 1.99. The fraction of sp³-hybridized carbons (Fsp3) is 0.350. The Balaban J connectivity index is 1.56. The topological polar surface area (TPSA) is 66.0 Å². The van der Waals surface area contributed by atoms with E-state index in [4.69, 9.17) is 18.9 Å². The van der Waals surface area contributed by atoms with Gasteiger partial charge in [-0.3, -0.25) is 4.79 Å². The van der Waals surface area contributed by atoms with Crippen LogP contribution in [0, 0.1) is 5.92 Å². The number of amides is 1. The molecular weight excluding hydrogens is 334 g/mol. The predicted octanol–water partition coefficient (Wildman–Crippen LogP) is 2.93. The zero-order valence-electron chi connectivity index (χ0n) is 15.2. The summed E-state index contributed by atoms with van der Waals surface area (Å²) in [5, 5.41) is 2.97. The van der Waals surface area contributed by atoms with Crippen LogP contribution in [-0.4, -0.2) is 26.9 Å². The maximum atomic E-state index is 12.4. The molecule has 6 heteroatoms. The molecule has 0 fully saturated rings. The number of rotatable bonds is 7. The first-order chi connectivity index (χ1) is 12.6. The van der Waals surface area contributed by atoms with E-state index in [-0.39, 0.29) is 18.6 Å². The summed E-state index contributed by atoms with van der Waals surface area (Å²) in [6, 6.07) is 11.4. The van der Waals surface area contributed by atoms with Gasteiger partial charge in [0.1, 0.15) is 0 Å². The molecule has 2 aromatic carbocycles. The lowest BCUT2D eigenvalue weighted by atomic mass is 10.00. The smallest absolute Gasteiger partial charge is 0.231 e. The van der Waals surface area contributed by atoms with E-state index in [0.29, 0.717) is 24.5 Å². The van der Waals surface area contributed by atoms with Crippen LogP contribution in [0.5, 0.6) is 23.0 Å². The Morgan fingerprint density at radius 1 is 1.04 bits per heavy atom. The molecule has 1 aliphatic rings. The van der Waals surface area contributed by atoms with E-state index in [1.165, 1.54) is 0 Å². The van der Waals surface area contributed by atoms with Gasteiger partial charge in [0.25, 0.3) is 0 Å². The number of hydrogen-bond donors (Lipinski definition) is 1. The van der Waals surface area contributed by atoms with Gasteiger partial charge in [0.05, 0.1) is 14.2 Å². The van der Waals surface area contributed by atoms with Gasteiger partial charge in [-0.2, -0.15) is 0 Å². The summed E-state index contributed by atoms with van der Waals surface area (Å²) >= 11 is 0. The maximum absolute atomic E-state index is 12.4. The summed E-state index contributed by atoms with van der Waals surface area (Å²) in [6.07, 6.45) is 0.618. The van der Waals surface area contributed by atoms with E-state index in [9.17, 15) is 4.79 Å². The van der Waals surface area contributed by atoms with Crippen molar-refractivity contribution >= 4 is 5.91 Å². The van der Waals surface area contributed by atoms with Crippen molar-refractivity contribution in [1.82, 2.24) is 5.32 Å². The number of nitrogens with one attached hydrogen (secondary N) is 1. The Kier molecular flexibility index (Phi) is 5.51. The van der Waals surface area contributed by atoms with Crippen LogP contribution in [0.1, 0.15) is 18.1 Å². The summed E-state index contributed by atoms with van der Waals surface area (Å²) in [5.74, 6) is 2.63. The number of benzene rings is 2. The third-order valence-corrected chi connectivity index (χ3v) is 4.34. The average molecular weight is 357 g/mol. The second kappa shape index (κ2) is 7.99. The normalized spacial score (nSPS) is 13.2. The molecular formula is C20H23NO5. The molecule has 3 rings (SSSR count). The Morgan fingerprint density at radius 2 is 1.77 bits per heavy atom. The van der Waals surface area contributed by atoms with Gasteiger partial charge < -0.3 is 24.3 Å². The van der Waals surface area contributed by atoms with Gasteiger partial charge in [0, 0.05) is 12.5 Å². The van der Waals surface area contributed by atoms with Gasteiger partial charge in [-0.05, 0) is 41.8 Å². The van der Waals surface area contributed by atoms with Crippen LogP contribution in [0.25, 0.3) is 0 Å². The van der Waals surface area contributed by atoms with Crippen molar-refractivity contribution < 1.29 is 23.7 Å². The van der Waals surface area contributed by atoms with E-state index >= 15 is 0 Å². The quantitative estimate of drug-likeness (QED) is 0.825. The molecule has 0 saturated carbocycles. The molecule has 1 amide bonds. The van der Waals surface area contributed by atoms with Gasteiger partial charge in [-0.15, -0.1) is 0 Å². The Bertz CT molecular complexity index is 790. The maximum Gasteiger partial charge on any atom is 0.231 e. The second-order valence-corrected chi connectivity index (χ2v) is 6.20. The molecule has 0 bridgehead atoms. The molecule has 0 radical (unpaired) electrons. The van der Waals surface area contributed by atoms with Gasteiger partial charge in [0.2, 0.25) is 12.7 Å². The molecule has 6 nitrogen and oxygen atoms in total. The summed E-state index contributed by atoms with van der Waals surface area (Å²) in [6.45, 7) is 2.60. The predicted molar refractivity (Wildman–Crippen MR) is 96.8 cm³/mol. The number of methoxy groups -OCH3 is 2. The summed E-state index contributed by atoms with van der Waals surface area (Å²) in [7, 11) is 3.20. The fourth-order valence-corrected chi connectivity index (χ4v) is 2.87. The minimum absolute atomic E-state index is 0.00236. The molecule has 0 aliphatic carbocycles. The van der Waals surface area contributed by atoms with E-state index in [1.807, 2.05) is 43.3 Å². The number of carbonyl (C=O) groups is 1. The first-order valence-electron chi connectivity index (χ1n) is 8.48. The lowest BCUT2D eigenvalue weighted by Crippen LogP contribution is -2.29. The average Bonchev–Trinajstić information content (AvgIpc) is 3.13. The highest BCUT2D eigenvalue weighted by atomic mass is 16.7. The number of fused-ring (bicyclic) bond motifs is 1. The summed E-state index contributed by atoms with van der Waals surface area (Å²) in [4.78, 5) is 12.4. The van der Waals surface area contributed by atoms with E-state index in [0.717, 1.165) is 22.6 Å². The zero-order chi connectivity index (χ0) is 18.5. The molecule has 26 heavy (non-hydrogen) atoms. The Hall–Kier alpha value is -2.89. The van der Waals surface area contributed by atoms with Crippen molar-refractivity contribution in [3.05, 3.63) is 47.5 Å². The van der Waals surface area contributed by atoms with Crippen LogP contribution in [-0.2, 0) is 17.8 Å². The highest BCUT2D eigenvalue weighted by Crippen LogP contribution is 2.32. The van der Waals surface area contributed by atoms with Gasteiger partial charge in [-0.25, -0.2) is 0 Å². The lowest BCUT2D eigenvalue weighted by Gasteiger charge is -2.14. The van der Waals surface area contributed by atoms with Crippen LogP contribution in [0.15, 0.2) is 36.4 Å². The van der Waals surface area contributed by atoms with Crippen LogP contribution in [0.4, 0.5) is 0 Å². The molecule has 1 unspecified atom stereocenters. The fourth-order valence-electron chi connectivity index (χ4n) is 2.87. The third kappa shape index (κ3) is 4.02. The molecule has 2 aromatic rings. The minimum atomic E-state index is -0.165. The molecule has 1 atom stereocenters. The van der Waals surface area contributed by atoms with E-state index < -0.39 is 0 Å². The first-order valence-corrected chi connectivity index (χ1v) is 8.48. The van der Waals surface area contributed by atoms with E-state index in [2.05, 4.69) is 5.32 Å². The number of carbonyl (C=O) groups excluding carboxylic acids is 1. The van der Waals surface area contributed by atoms with Gasteiger partial charge in [-0.1, -0.05) is 19.1 Å². The van der Waals surface area contributed by atoms with Gasteiger partial charge in [0.15, 0.2) is 23.0 Å². The van der Waals surface area contributed by atoms with Crippen LogP contribution in [0.2, 0.25) is 0 Å². The Morgan fingerprint density at radius 3 is 2.54 bits per heavy atom. The molecule has 1 heterocycles. The number of ether oxygens (including phenoxy) is 4. The molecule has 1 aliphatic heterocycles. The van der Waals surface area contributed by atoms with Gasteiger partial charge >= 0.3 is 0 Å². The van der Waals surface area contributed by atoms with E-state index in [1.54, 1.807) is 14.2 Å². The molecule has 138 valence electrons.